The molecule has 2 aliphatic heterocycles. The van der Waals surface area contributed by atoms with Gasteiger partial charge in [0, 0.05) is 12.1 Å². The smallest absolute Gasteiger partial charge is 0.407 e. The molecular formula is C40H38FN7O3. The van der Waals surface area contributed by atoms with E-state index in [0.717, 1.165) is 76.0 Å². The van der Waals surface area contributed by atoms with Crippen molar-refractivity contribution >= 4 is 22.8 Å². The number of alkyl carbamates (subject to hydrolysis) is 1. The van der Waals surface area contributed by atoms with Gasteiger partial charge in [-0.1, -0.05) is 60.7 Å². The molecule has 11 heteroatoms. The van der Waals surface area contributed by atoms with E-state index in [2.05, 4.69) is 91.2 Å². The van der Waals surface area contributed by atoms with Crippen LogP contribution in [0.1, 0.15) is 61.0 Å². The minimum Gasteiger partial charge on any atom is -0.453 e. The molecule has 10 nitrogen and oxygen atoms in total. The lowest BCUT2D eigenvalue weighted by Crippen LogP contribution is -2.42. The number of aromatic amines is 2. The fraction of sp³-hybridized carbons (Fsp3) is 0.250. The Kier molecular flexibility index (Phi) is 8.79. The number of nitrogens with one attached hydrogen (secondary N) is 4. The molecule has 4 N–H and O–H groups in total. The number of fused-ring (bicyclic) bond motifs is 1. The third-order valence-corrected chi connectivity index (χ3v) is 10.0. The van der Waals surface area contributed by atoms with E-state index in [4.69, 9.17) is 4.74 Å². The number of amides is 2. The fourth-order valence-electron chi connectivity index (χ4n) is 7.27. The molecular weight excluding hydrogens is 645 g/mol. The Morgan fingerprint density at radius 2 is 1.45 bits per heavy atom. The summed E-state index contributed by atoms with van der Waals surface area (Å²) in [6.07, 6.45) is 6.76. The molecule has 0 saturated carbocycles. The maximum absolute atomic E-state index is 13.8. The predicted octanol–water partition coefficient (Wildman–Crippen LogP) is 7.61. The molecule has 6 aromatic rings. The number of H-pyrrole nitrogens is 2. The van der Waals surface area contributed by atoms with Crippen molar-refractivity contribution in [1.82, 2.24) is 35.5 Å². The Morgan fingerprint density at radius 1 is 0.804 bits per heavy atom. The van der Waals surface area contributed by atoms with Crippen molar-refractivity contribution < 1.29 is 18.7 Å². The highest BCUT2D eigenvalue weighted by Crippen LogP contribution is 2.35. The van der Waals surface area contributed by atoms with Crippen molar-refractivity contribution in [1.29, 1.82) is 0 Å². The van der Waals surface area contributed by atoms with Crippen LogP contribution in [0.2, 0.25) is 0 Å². The number of ether oxygens (including phenoxy) is 1. The van der Waals surface area contributed by atoms with E-state index in [1.165, 1.54) is 37.8 Å². The van der Waals surface area contributed by atoms with Crippen LogP contribution < -0.4 is 10.6 Å². The Labute approximate surface area is 294 Å². The van der Waals surface area contributed by atoms with Gasteiger partial charge >= 0.3 is 6.09 Å². The zero-order valence-corrected chi connectivity index (χ0v) is 28.2. The van der Waals surface area contributed by atoms with Crippen LogP contribution in [-0.4, -0.2) is 57.0 Å². The Morgan fingerprint density at radius 3 is 2.18 bits per heavy atom. The van der Waals surface area contributed by atoms with Crippen molar-refractivity contribution in [2.75, 3.05) is 20.2 Å². The summed E-state index contributed by atoms with van der Waals surface area (Å²) in [7, 11) is 1.24. The van der Waals surface area contributed by atoms with Gasteiger partial charge in [0.1, 0.15) is 23.5 Å². The average molecular weight is 684 g/mol. The maximum atomic E-state index is 13.8. The number of rotatable bonds is 8. The van der Waals surface area contributed by atoms with E-state index >= 15 is 0 Å². The van der Waals surface area contributed by atoms with Crippen molar-refractivity contribution in [3.05, 3.63) is 120 Å². The van der Waals surface area contributed by atoms with E-state index in [-0.39, 0.29) is 11.9 Å². The average Bonchev–Trinajstić information content (AvgIpc) is 4.01. The largest absolute Gasteiger partial charge is 0.453 e. The van der Waals surface area contributed by atoms with E-state index in [9.17, 15) is 14.0 Å². The number of benzene rings is 4. The van der Waals surface area contributed by atoms with Crippen molar-refractivity contribution in [2.45, 2.75) is 43.8 Å². The summed E-state index contributed by atoms with van der Waals surface area (Å²) < 4.78 is 18.4. The van der Waals surface area contributed by atoms with Gasteiger partial charge in [0.15, 0.2) is 0 Å². The van der Waals surface area contributed by atoms with Gasteiger partial charge in [-0.05, 0) is 89.5 Å². The molecule has 2 saturated heterocycles. The van der Waals surface area contributed by atoms with E-state index in [1.54, 1.807) is 11.1 Å². The third-order valence-electron chi connectivity index (χ3n) is 10.0. The molecule has 8 rings (SSSR count). The van der Waals surface area contributed by atoms with E-state index < -0.39 is 18.0 Å². The number of aromatic nitrogens is 4. The first-order chi connectivity index (χ1) is 24.9. The van der Waals surface area contributed by atoms with Crippen molar-refractivity contribution in [3.63, 3.8) is 0 Å². The highest BCUT2D eigenvalue weighted by molar-refractivity contribution is 5.91. The second-order valence-corrected chi connectivity index (χ2v) is 13.2. The number of imidazole rings is 2. The first kappa shape index (κ1) is 32.4. The topological polar surface area (TPSA) is 128 Å². The highest BCUT2D eigenvalue weighted by Gasteiger charge is 2.37. The monoisotopic (exact) mass is 683 g/mol. The number of carbonyl (C=O) groups excluding carboxylic acids is 2. The number of nitrogens with zero attached hydrogens (tertiary/aromatic N) is 3. The maximum Gasteiger partial charge on any atom is 0.407 e. The summed E-state index contributed by atoms with van der Waals surface area (Å²) in [6, 6.07) is 25.9. The SMILES string of the molecule is COC(=O)NC(C(=O)N1CCCC1c1ncc(-c2ccc(-c3ccc4cc(-c5cnc(C6CCCN6)[nH]5)ccc4c3)cc2)[nH]1)c1ccc(F)cc1. The second kappa shape index (κ2) is 13.8. The standard InChI is InChI=1S/C40H38FN7O3/c1-51-40(50)47-36(26-14-16-31(41)17-15-26)39(49)48-19-3-5-35(48)38-44-22-33(46-38)25-8-6-24(7-9-25)27-10-11-29-21-30(13-12-28(29)20-27)34-23-43-37(45-34)32-4-2-18-42-32/h6-17,20-23,32,35-36,42H,2-5,18-19H2,1H3,(H,43,45)(H,44,46)(H,47,50). The lowest BCUT2D eigenvalue weighted by atomic mass is 9.98. The fourth-order valence-corrected chi connectivity index (χ4v) is 7.27. The van der Waals surface area contributed by atoms with Crippen LogP contribution in [0.15, 0.2) is 97.3 Å². The summed E-state index contributed by atoms with van der Waals surface area (Å²) in [5, 5.41) is 8.45. The number of likely N-dealkylation sites (tertiary alicyclic amines) is 1. The number of hydrogen-bond acceptors (Lipinski definition) is 6. The lowest BCUT2D eigenvalue weighted by Gasteiger charge is -2.28. The Bertz CT molecular complexity index is 2190. The summed E-state index contributed by atoms with van der Waals surface area (Å²) >= 11 is 0. The van der Waals surface area contributed by atoms with E-state index in [1.807, 2.05) is 6.20 Å². The normalized spacial score (nSPS) is 17.9. The minimum atomic E-state index is -1.03. The summed E-state index contributed by atoms with van der Waals surface area (Å²) in [5.41, 5.74) is 6.65. The molecule has 2 fully saturated rings. The van der Waals surface area contributed by atoms with Gasteiger partial charge in [-0.2, -0.15) is 0 Å². The lowest BCUT2D eigenvalue weighted by molar-refractivity contribution is -0.134. The summed E-state index contributed by atoms with van der Waals surface area (Å²) in [6.45, 7) is 1.54. The van der Waals surface area contributed by atoms with Gasteiger partial charge in [0.2, 0.25) is 0 Å². The molecule has 0 aliphatic carbocycles. The predicted molar refractivity (Wildman–Crippen MR) is 193 cm³/mol. The van der Waals surface area contributed by atoms with Crippen LogP contribution in [-0.2, 0) is 9.53 Å². The second-order valence-electron chi connectivity index (χ2n) is 13.2. The van der Waals surface area contributed by atoms with Crippen LogP contribution in [0.5, 0.6) is 0 Å². The van der Waals surface area contributed by atoms with Gasteiger partial charge in [-0.25, -0.2) is 19.2 Å². The first-order valence-electron chi connectivity index (χ1n) is 17.3. The van der Waals surface area contributed by atoms with E-state index in [0.29, 0.717) is 24.0 Å². The van der Waals surface area contributed by atoms with Gasteiger partial charge in [-0.15, -0.1) is 0 Å². The molecule has 4 heterocycles. The van der Waals surface area contributed by atoms with Crippen LogP contribution >= 0.6 is 0 Å². The zero-order chi connectivity index (χ0) is 34.9. The Balaban J connectivity index is 0.973. The molecule has 3 atom stereocenters. The van der Waals surface area contributed by atoms with Crippen LogP contribution in [0.25, 0.3) is 44.4 Å². The molecule has 0 spiro atoms. The van der Waals surface area contributed by atoms with Crippen LogP contribution in [0.3, 0.4) is 0 Å². The summed E-state index contributed by atoms with van der Waals surface area (Å²) in [5.74, 6) is 0.938. The molecule has 4 aromatic carbocycles. The number of carbonyl (C=O) groups is 2. The molecule has 2 aromatic heterocycles. The number of methoxy groups -OCH3 is 1. The molecule has 3 unspecified atom stereocenters. The van der Waals surface area contributed by atoms with Gasteiger partial charge in [0.05, 0.1) is 43.0 Å². The molecule has 258 valence electrons. The molecule has 2 amide bonds. The van der Waals surface area contributed by atoms with Crippen molar-refractivity contribution in [2.24, 2.45) is 0 Å². The van der Waals surface area contributed by atoms with Gasteiger partial charge < -0.3 is 30.2 Å². The molecule has 2 aliphatic rings. The summed E-state index contributed by atoms with van der Waals surface area (Å²) in [4.78, 5) is 44.0. The minimum absolute atomic E-state index is 0.300. The number of halogens is 1. The third kappa shape index (κ3) is 6.60. The quantitative estimate of drug-likeness (QED) is 0.131. The highest BCUT2D eigenvalue weighted by atomic mass is 19.1. The number of hydrogen-bond donors (Lipinski definition) is 4. The molecule has 0 bridgehead atoms. The first-order valence-corrected chi connectivity index (χ1v) is 17.3. The van der Waals surface area contributed by atoms with Crippen LogP contribution in [0, 0.1) is 5.82 Å². The Hall–Kier alpha value is -5.81. The molecule has 0 radical (unpaired) electrons. The van der Waals surface area contributed by atoms with Gasteiger partial charge in [0.25, 0.3) is 5.91 Å². The van der Waals surface area contributed by atoms with Crippen molar-refractivity contribution in [3.8, 4) is 33.6 Å². The van der Waals surface area contributed by atoms with Gasteiger partial charge in [-0.3, -0.25) is 4.79 Å². The van der Waals surface area contributed by atoms with Crippen LogP contribution in [0.4, 0.5) is 9.18 Å². The zero-order valence-electron chi connectivity index (χ0n) is 28.2. The molecule has 51 heavy (non-hydrogen) atoms.